The Bertz CT molecular complexity index is 1300. The molecular weight excluding hydrogens is 414 g/mol. The van der Waals surface area contributed by atoms with Gasteiger partial charge in [0, 0.05) is 5.39 Å². The van der Waals surface area contributed by atoms with Crippen molar-refractivity contribution in [2.24, 2.45) is 0 Å². The fourth-order valence-electron chi connectivity index (χ4n) is 3.55. The van der Waals surface area contributed by atoms with Gasteiger partial charge >= 0.3 is 5.97 Å². The number of methoxy groups -OCH3 is 2. The number of benzene rings is 3. The van der Waals surface area contributed by atoms with Gasteiger partial charge < -0.3 is 14.2 Å². The Kier molecular flexibility index (Phi) is 7.00. The van der Waals surface area contributed by atoms with E-state index >= 15 is 0 Å². The maximum absolute atomic E-state index is 11.9. The largest absolute Gasteiger partial charge is 0.497 e. The zero-order chi connectivity index (χ0) is 23.0. The maximum Gasteiger partial charge on any atom is 0.338 e. The van der Waals surface area contributed by atoms with Crippen molar-refractivity contribution < 1.29 is 19.0 Å². The highest BCUT2D eigenvalue weighted by Crippen LogP contribution is 2.21. The Morgan fingerprint density at radius 1 is 0.909 bits per heavy atom. The molecule has 4 aromatic rings. The van der Waals surface area contributed by atoms with Gasteiger partial charge in [-0.1, -0.05) is 48.6 Å². The van der Waals surface area contributed by atoms with E-state index in [2.05, 4.69) is 4.98 Å². The molecule has 0 fully saturated rings. The van der Waals surface area contributed by atoms with E-state index < -0.39 is 0 Å². The third-order valence-electron chi connectivity index (χ3n) is 5.27. The van der Waals surface area contributed by atoms with Crippen LogP contribution in [0.5, 0.6) is 11.5 Å². The second kappa shape index (κ2) is 10.5. The molecular formula is C28H25NO4. The van der Waals surface area contributed by atoms with E-state index in [-0.39, 0.29) is 5.97 Å². The number of carbonyl (C=O) groups is 1. The molecule has 0 amide bonds. The highest BCUT2D eigenvalue weighted by molar-refractivity contribution is 5.91. The van der Waals surface area contributed by atoms with E-state index in [1.54, 1.807) is 13.2 Å². The molecule has 0 aliphatic heterocycles. The van der Waals surface area contributed by atoms with Crippen molar-refractivity contribution in [3.8, 4) is 11.5 Å². The van der Waals surface area contributed by atoms with Crippen LogP contribution in [-0.4, -0.2) is 25.2 Å². The molecule has 166 valence electrons. The molecule has 0 aliphatic carbocycles. The highest BCUT2D eigenvalue weighted by atomic mass is 16.5. The molecule has 33 heavy (non-hydrogen) atoms. The van der Waals surface area contributed by atoms with Crippen LogP contribution in [0.2, 0.25) is 0 Å². The number of pyridine rings is 1. The number of esters is 1. The van der Waals surface area contributed by atoms with Gasteiger partial charge in [-0.25, -0.2) is 9.78 Å². The van der Waals surface area contributed by atoms with Crippen LogP contribution in [0, 0.1) is 0 Å². The van der Waals surface area contributed by atoms with Crippen LogP contribution in [0.1, 0.15) is 27.2 Å². The first kappa shape index (κ1) is 22.1. The second-order valence-electron chi connectivity index (χ2n) is 7.48. The fourth-order valence-corrected chi connectivity index (χ4v) is 3.55. The normalized spacial score (nSPS) is 11.0. The summed E-state index contributed by atoms with van der Waals surface area (Å²) in [4.78, 5) is 16.6. The van der Waals surface area contributed by atoms with Gasteiger partial charge in [-0.15, -0.1) is 0 Å². The van der Waals surface area contributed by atoms with Gasteiger partial charge in [0.1, 0.15) is 18.1 Å². The molecule has 0 saturated heterocycles. The quantitative estimate of drug-likeness (QED) is 0.322. The molecule has 0 N–H and O–H groups in total. The van der Waals surface area contributed by atoms with E-state index in [1.165, 1.54) is 7.11 Å². The predicted molar refractivity (Wildman–Crippen MR) is 130 cm³/mol. The first-order chi connectivity index (χ1) is 16.2. The average molecular weight is 440 g/mol. The summed E-state index contributed by atoms with van der Waals surface area (Å²) in [6.07, 6.45) is 4.67. The van der Waals surface area contributed by atoms with E-state index in [0.29, 0.717) is 18.6 Å². The molecule has 4 rings (SSSR count). The minimum atomic E-state index is -0.323. The second-order valence-corrected chi connectivity index (χ2v) is 7.48. The van der Waals surface area contributed by atoms with E-state index in [0.717, 1.165) is 39.2 Å². The average Bonchev–Trinajstić information content (AvgIpc) is 2.87. The molecule has 0 saturated carbocycles. The van der Waals surface area contributed by atoms with Gasteiger partial charge in [0.05, 0.1) is 31.0 Å². The lowest BCUT2D eigenvalue weighted by molar-refractivity contribution is 0.0599. The number of aromatic nitrogens is 1. The van der Waals surface area contributed by atoms with E-state index in [1.807, 2.05) is 84.9 Å². The van der Waals surface area contributed by atoms with E-state index in [9.17, 15) is 4.79 Å². The standard InChI is InChI=1S/C28H25NO4/c1-31-24-15-16-27-22(18-24)13-14-23(29-27)19-33-25-11-6-8-20(17-25)7-5-10-21-9-3-4-12-26(21)28(30)32-2/h3-9,11-18H,10,19H2,1-2H3. The number of rotatable bonds is 8. The van der Waals surface area contributed by atoms with Gasteiger partial charge in [0.25, 0.3) is 0 Å². The third kappa shape index (κ3) is 5.57. The minimum Gasteiger partial charge on any atom is -0.497 e. The summed E-state index contributed by atoms with van der Waals surface area (Å²) in [6.45, 7) is 0.377. The molecule has 3 aromatic carbocycles. The molecule has 0 unspecified atom stereocenters. The number of hydrogen-bond acceptors (Lipinski definition) is 5. The summed E-state index contributed by atoms with van der Waals surface area (Å²) in [7, 11) is 3.05. The number of ether oxygens (including phenoxy) is 3. The summed E-state index contributed by atoms with van der Waals surface area (Å²) in [5, 5.41) is 1.03. The van der Waals surface area contributed by atoms with Crippen LogP contribution < -0.4 is 9.47 Å². The van der Waals surface area contributed by atoms with Crippen LogP contribution in [-0.2, 0) is 17.8 Å². The lowest BCUT2D eigenvalue weighted by atomic mass is 10.0. The van der Waals surface area contributed by atoms with Crippen LogP contribution in [0.15, 0.2) is 84.9 Å². The molecule has 5 nitrogen and oxygen atoms in total. The van der Waals surface area contributed by atoms with Crippen LogP contribution in [0.3, 0.4) is 0 Å². The van der Waals surface area contributed by atoms with Gasteiger partial charge in [0.15, 0.2) is 0 Å². The summed E-state index contributed by atoms with van der Waals surface area (Å²) in [5.74, 6) is 1.26. The third-order valence-corrected chi connectivity index (χ3v) is 5.27. The van der Waals surface area contributed by atoms with Crippen molar-refractivity contribution in [2.75, 3.05) is 14.2 Å². The Labute approximate surface area is 193 Å². The van der Waals surface area contributed by atoms with Crippen LogP contribution >= 0.6 is 0 Å². The monoisotopic (exact) mass is 439 g/mol. The lowest BCUT2D eigenvalue weighted by Gasteiger charge is -2.08. The lowest BCUT2D eigenvalue weighted by Crippen LogP contribution is -2.04. The zero-order valence-corrected chi connectivity index (χ0v) is 18.7. The van der Waals surface area contributed by atoms with Gasteiger partial charge in [-0.3, -0.25) is 0 Å². The summed E-state index contributed by atoms with van der Waals surface area (Å²) in [6, 6.07) is 25.1. The molecule has 0 atom stereocenters. The SMILES string of the molecule is COC(=O)c1ccccc1CC=Cc1cccc(OCc2ccc3cc(OC)ccc3n2)c1. The van der Waals surface area contributed by atoms with Crippen molar-refractivity contribution in [2.45, 2.75) is 13.0 Å². The van der Waals surface area contributed by atoms with Gasteiger partial charge in [-0.2, -0.15) is 0 Å². The van der Waals surface area contributed by atoms with Crippen molar-refractivity contribution in [1.29, 1.82) is 0 Å². The van der Waals surface area contributed by atoms with E-state index in [4.69, 9.17) is 14.2 Å². The van der Waals surface area contributed by atoms with Gasteiger partial charge in [-0.05, 0) is 60.0 Å². The Morgan fingerprint density at radius 2 is 1.79 bits per heavy atom. The maximum atomic E-state index is 11.9. The molecule has 1 heterocycles. The predicted octanol–water partition coefficient (Wildman–Crippen LogP) is 5.86. The number of allylic oxidation sites excluding steroid dienone is 1. The molecule has 0 bridgehead atoms. The van der Waals surface area contributed by atoms with Crippen molar-refractivity contribution in [3.63, 3.8) is 0 Å². The molecule has 0 radical (unpaired) electrons. The number of nitrogens with zero attached hydrogens (tertiary/aromatic N) is 1. The topological polar surface area (TPSA) is 57.7 Å². The molecule has 0 aliphatic rings. The van der Waals surface area contributed by atoms with Crippen LogP contribution in [0.4, 0.5) is 0 Å². The number of carbonyl (C=O) groups excluding carboxylic acids is 1. The van der Waals surface area contributed by atoms with Gasteiger partial charge in [0.2, 0.25) is 0 Å². The first-order valence-electron chi connectivity index (χ1n) is 10.7. The molecule has 1 aromatic heterocycles. The summed E-state index contributed by atoms with van der Waals surface area (Å²) < 4.78 is 16.1. The Hall–Kier alpha value is -4.12. The molecule has 0 spiro atoms. The number of fused-ring (bicyclic) bond motifs is 1. The smallest absolute Gasteiger partial charge is 0.338 e. The van der Waals surface area contributed by atoms with Crippen LogP contribution in [0.25, 0.3) is 17.0 Å². The Morgan fingerprint density at radius 3 is 2.64 bits per heavy atom. The minimum absolute atomic E-state index is 0.323. The first-order valence-corrected chi connectivity index (χ1v) is 10.7. The zero-order valence-electron chi connectivity index (χ0n) is 18.7. The number of hydrogen-bond donors (Lipinski definition) is 0. The molecule has 5 heteroatoms. The van der Waals surface area contributed by atoms with Crippen molar-refractivity contribution in [3.05, 3.63) is 107 Å². The van der Waals surface area contributed by atoms with Crippen molar-refractivity contribution >= 4 is 22.9 Å². The Balaban J connectivity index is 1.40. The summed E-state index contributed by atoms with van der Waals surface area (Å²) in [5.41, 5.74) is 4.28. The summed E-state index contributed by atoms with van der Waals surface area (Å²) >= 11 is 0. The van der Waals surface area contributed by atoms with Crippen molar-refractivity contribution in [1.82, 2.24) is 4.98 Å². The fraction of sp³-hybridized carbons (Fsp3) is 0.143. The highest BCUT2D eigenvalue weighted by Gasteiger charge is 2.09.